The average Bonchev–Trinajstić information content (AvgIpc) is 3.45. The SMILES string of the molecule is CC(C)c1ccccc1OCCCn1c(CCNC(=O)c2cccs2)nc2ccccc21. The van der Waals surface area contributed by atoms with Crippen molar-refractivity contribution in [3.05, 3.63) is 82.3 Å². The number of amides is 1. The molecule has 1 amide bonds. The minimum Gasteiger partial charge on any atom is -0.493 e. The Kier molecular flexibility index (Phi) is 7.22. The van der Waals surface area contributed by atoms with Gasteiger partial charge in [0.1, 0.15) is 11.6 Å². The quantitative estimate of drug-likeness (QED) is 0.319. The van der Waals surface area contributed by atoms with Gasteiger partial charge in [0.2, 0.25) is 0 Å². The number of thiophene rings is 1. The summed E-state index contributed by atoms with van der Waals surface area (Å²) >= 11 is 1.45. The summed E-state index contributed by atoms with van der Waals surface area (Å²) in [5.74, 6) is 2.36. The Hall–Kier alpha value is -3.12. The van der Waals surface area contributed by atoms with E-state index in [1.165, 1.54) is 16.9 Å². The second-order valence-electron chi connectivity index (χ2n) is 8.05. The van der Waals surface area contributed by atoms with Gasteiger partial charge in [-0.15, -0.1) is 11.3 Å². The van der Waals surface area contributed by atoms with Crippen LogP contribution in [0.5, 0.6) is 5.75 Å². The topological polar surface area (TPSA) is 56.1 Å². The van der Waals surface area contributed by atoms with Gasteiger partial charge in [-0.2, -0.15) is 0 Å². The number of fused-ring (bicyclic) bond motifs is 1. The first-order valence-corrected chi connectivity index (χ1v) is 12.0. The molecular formula is C26H29N3O2S. The fourth-order valence-corrected chi connectivity index (χ4v) is 4.48. The summed E-state index contributed by atoms with van der Waals surface area (Å²) in [4.78, 5) is 17.8. The second-order valence-corrected chi connectivity index (χ2v) is 8.99. The number of aromatic nitrogens is 2. The van der Waals surface area contributed by atoms with E-state index in [1.54, 1.807) is 0 Å². The third-order valence-corrected chi connectivity index (χ3v) is 6.31. The standard InChI is InChI=1S/C26H29N3O2S/c1-19(2)20-9-3-6-12-23(20)31-17-8-16-29-22-11-5-4-10-21(22)28-25(29)14-15-27-26(30)24-13-7-18-32-24/h3-7,9-13,18-19H,8,14-17H2,1-2H3,(H,27,30). The van der Waals surface area contributed by atoms with Crippen LogP contribution in [0.25, 0.3) is 11.0 Å². The minimum atomic E-state index is -0.0279. The van der Waals surface area contributed by atoms with Crippen molar-refractivity contribution in [1.29, 1.82) is 0 Å². The molecule has 5 nitrogen and oxygen atoms in total. The molecular weight excluding hydrogens is 418 g/mol. The Labute approximate surface area is 193 Å². The van der Waals surface area contributed by atoms with Crippen LogP contribution in [0.1, 0.15) is 47.2 Å². The van der Waals surface area contributed by atoms with Crippen LogP contribution in [0, 0.1) is 0 Å². The van der Waals surface area contributed by atoms with Crippen molar-refractivity contribution in [3.8, 4) is 5.75 Å². The highest BCUT2D eigenvalue weighted by molar-refractivity contribution is 7.12. The number of benzene rings is 2. The van der Waals surface area contributed by atoms with Gasteiger partial charge >= 0.3 is 0 Å². The molecule has 0 saturated heterocycles. The first kappa shape index (κ1) is 22.1. The van der Waals surface area contributed by atoms with Crippen molar-refractivity contribution in [2.45, 2.75) is 39.2 Å². The highest BCUT2D eigenvalue weighted by Gasteiger charge is 2.12. The number of hydrogen-bond donors (Lipinski definition) is 1. The third kappa shape index (κ3) is 5.19. The molecule has 0 aliphatic heterocycles. The van der Waals surface area contributed by atoms with Crippen LogP contribution in [0.2, 0.25) is 0 Å². The van der Waals surface area contributed by atoms with Crippen LogP contribution in [-0.4, -0.2) is 28.6 Å². The number of carbonyl (C=O) groups is 1. The third-order valence-electron chi connectivity index (χ3n) is 5.44. The molecule has 0 atom stereocenters. The van der Waals surface area contributed by atoms with E-state index in [0.29, 0.717) is 25.5 Å². The number of aryl methyl sites for hydroxylation is 1. The normalized spacial score (nSPS) is 11.2. The fraction of sp³-hybridized carbons (Fsp3) is 0.308. The lowest BCUT2D eigenvalue weighted by Crippen LogP contribution is -2.25. The average molecular weight is 448 g/mol. The number of nitrogens with zero attached hydrogens (tertiary/aromatic N) is 2. The molecule has 0 spiro atoms. The van der Waals surface area contributed by atoms with Crippen molar-refractivity contribution >= 4 is 28.3 Å². The smallest absolute Gasteiger partial charge is 0.261 e. The maximum Gasteiger partial charge on any atom is 0.261 e. The second kappa shape index (κ2) is 10.5. The molecule has 4 aromatic rings. The van der Waals surface area contributed by atoms with Crippen molar-refractivity contribution < 1.29 is 9.53 Å². The number of para-hydroxylation sites is 3. The van der Waals surface area contributed by atoms with E-state index in [9.17, 15) is 4.79 Å². The van der Waals surface area contributed by atoms with E-state index >= 15 is 0 Å². The first-order valence-electron chi connectivity index (χ1n) is 11.1. The molecule has 2 aromatic heterocycles. The summed E-state index contributed by atoms with van der Waals surface area (Å²) in [6.45, 7) is 6.38. The minimum absolute atomic E-state index is 0.0279. The van der Waals surface area contributed by atoms with Gasteiger partial charge in [-0.25, -0.2) is 4.98 Å². The molecule has 1 N–H and O–H groups in total. The predicted molar refractivity (Wildman–Crippen MR) is 131 cm³/mol. The summed E-state index contributed by atoms with van der Waals surface area (Å²) in [6, 6.07) is 20.2. The van der Waals surface area contributed by atoms with Crippen LogP contribution < -0.4 is 10.1 Å². The molecule has 0 saturated carbocycles. The summed E-state index contributed by atoms with van der Waals surface area (Å²) in [5, 5.41) is 4.92. The van der Waals surface area contributed by atoms with Gasteiger partial charge in [0, 0.05) is 19.5 Å². The Morgan fingerprint density at radius 2 is 1.91 bits per heavy atom. The number of imidazole rings is 1. The van der Waals surface area contributed by atoms with Gasteiger partial charge < -0.3 is 14.6 Å². The zero-order chi connectivity index (χ0) is 22.3. The Morgan fingerprint density at radius 3 is 2.72 bits per heavy atom. The van der Waals surface area contributed by atoms with Crippen LogP contribution in [0.3, 0.4) is 0 Å². The fourth-order valence-electron chi connectivity index (χ4n) is 3.84. The van der Waals surface area contributed by atoms with Crippen molar-refractivity contribution in [3.63, 3.8) is 0 Å². The molecule has 0 fully saturated rings. The number of nitrogens with one attached hydrogen (secondary N) is 1. The molecule has 6 heteroatoms. The molecule has 0 unspecified atom stereocenters. The maximum atomic E-state index is 12.2. The van der Waals surface area contributed by atoms with Crippen molar-refractivity contribution in [1.82, 2.24) is 14.9 Å². The molecule has 4 rings (SSSR count). The molecule has 2 heterocycles. The zero-order valence-electron chi connectivity index (χ0n) is 18.6. The van der Waals surface area contributed by atoms with Crippen LogP contribution in [0.15, 0.2) is 66.0 Å². The maximum absolute atomic E-state index is 12.2. The molecule has 0 aliphatic rings. The number of ether oxygens (including phenoxy) is 1. The van der Waals surface area contributed by atoms with Crippen LogP contribution in [-0.2, 0) is 13.0 Å². The summed E-state index contributed by atoms with van der Waals surface area (Å²) in [6.07, 6.45) is 1.56. The number of carbonyl (C=O) groups excluding carboxylic acids is 1. The lowest BCUT2D eigenvalue weighted by molar-refractivity contribution is 0.0958. The van der Waals surface area contributed by atoms with Gasteiger partial charge in [0.25, 0.3) is 5.91 Å². The lowest BCUT2D eigenvalue weighted by atomic mass is 10.0. The van der Waals surface area contributed by atoms with Crippen molar-refractivity contribution in [2.75, 3.05) is 13.2 Å². The Morgan fingerprint density at radius 1 is 1.09 bits per heavy atom. The Bertz CT molecular complexity index is 1170. The molecule has 32 heavy (non-hydrogen) atoms. The van der Waals surface area contributed by atoms with E-state index in [4.69, 9.17) is 9.72 Å². The monoisotopic (exact) mass is 447 g/mol. The van der Waals surface area contributed by atoms with Crippen LogP contribution >= 0.6 is 11.3 Å². The summed E-state index contributed by atoms with van der Waals surface area (Å²) < 4.78 is 8.37. The largest absolute Gasteiger partial charge is 0.493 e. The van der Waals surface area contributed by atoms with E-state index in [2.05, 4.69) is 41.9 Å². The van der Waals surface area contributed by atoms with Gasteiger partial charge in [0.15, 0.2) is 0 Å². The predicted octanol–water partition coefficient (Wildman–Crippen LogP) is 5.66. The number of hydrogen-bond acceptors (Lipinski definition) is 4. The Balaban J connectivity index is 1.39. The highest BCUT2D eigenvalue weighted by Crippen LogP contribution is 2.26. The van der Waals surface area contributed by atoms with Gasteiger partial charge in [-0.1, -0.05) is 50.2 Å². The molecule has 2 aromatic carbocycles. The zero-order valence-corrected chi connectivity index (χ0v) is 19.4. The molecule has 0 aliphatic carbocycles. The summed E-state index contributed by atoms with van der Waals surface area (Å²) in [5.41, 5.74) is 3.34. The molecule has 0 radical (unpaired) electrons. The number of rotatable bonds is 10. The van der Waals surface area contributed by atoms with E-state index in [0.717, 1.165) is 40.5 Å². The van der Waals surface area contributed by atoms with E-state index in [-0.39, 0.29) is 5.91 Å². The molecule has 166 valence electrons. The lowest BCUT2D eigenvalue weighted by Gasteiger charge is -2.14. The van der Waals surface area contributed by atoms with E-state index in [1.807, 2.05) is 47.8 Å². The van der Waals surface area contributed by atoms with E-state index < -0.39 is 0 Å². The highest BCUT2D eigenvalue weighted by atomic mass is 32.1. The van der Waals surface area contributed by atoms with Gasteiger partial charge in [-0.3, -0.25) is 4.79 Å². The van der Waals surface area contributed by atoms with Gasteiger partial charge in [0.05, 0.1) is 22.5 Å². The van der Waals surface area contributed by atoms with Crippen LogP contribution in [0.4, 0.5) is 0 Å². The summed E-state index contributed by atoms with van der Waals surface area (Å²) in [7, 11) is 0. The van der Waals surface area contributed by atoms with Crippen molar-refractivity contribution in [2.24, 2.45) is 0 Å². The first-order chi connectivity index (χ1) is 15.6. The molecule has 0 bridgehead atoms. The van der Waals surface area contributed by atoms with Gasteiger partial charge in [-0.05, 0) is 47.5 Å².